The van der Waals surface area contributed by atoms with Gasteiger partial charge in [0.25, 0.3) is 0 Å². The Kier molecular flexibility index (Phi) is 5.82. The molecular weight excluding hydrogens is 264 g/mol. The van der Waals surface area contributed by atoms with Crippen LogP contribution < -0.4 is 5.32 Å². The predicted octanol–water partition coefficient (Wildman–Crippen LogP) is 2.56. The third-order valence-electron chi connectivity index (χ3n) is 2.91. The summed E-state index contributed by atoms with van der Waals surface area (Å²) in [6.45, 7) is 3.79. The number of nitrogens with one attached hydrogen (secondary N) is 1. The number of thiophene rings is 1. The van der Waals surface area contributed by atoms with Gasteiger partial charge in [0.2, 0.25) is 0 Å². The molecule has 0 fully saturated rings. The maximum Gasteiger partial charge on any atom is 0.317 e. The minimum absolute atomic E-state index is 0.0184. The van der Waals surface area contributed by atoms with E-state index in [0.717, 1.165) is 11.3 Å². The molecule has 1 aromatic heterocycles. The van der Waals surface area contributed by atoms with Gasteiger partial charge in [-0.3, -0.25) is 4.79 Å². The number of rotatable bonds is 6. The second-order valence-corrected chi connectivity index (χ2v) is 5.52. The number of carboxylic acid groups (broad SMARTS) is 1. The molecule has 2 N–H and O–H groups in total. The first-order valence-electron chi connectivity index (χ1n) is 6.23. The molecule has 0 aromatic carbocycles. The summed E-state index contributed by atoms with van der Waals surface area (Å²) < 4.78 is 0. The van der Waals surface area contributed by atoms with Gasteiger partial charge >= 0.3 is 12.0 Å². The average Bonchev–Trinajstić information content (AvgIpc) is 2.88. The SMILES string of the molecule is CCC(NC(=O)N(C)CC(C)C(=O)O)c1cccs1. The number of carboxylic acids is 1. The van der Waals surface area contributed by atoms with E-state index in [2.05, 4.69) is 5.32 Å². The summed E-state index contributed by atoms with van der Waals surface area (Å²) in [5, 5.41) is 13.7. The molecule has 1 aromatic rings. The fourth-order valence-corrected chi connectivity index (χ4v) is 2.56. The smallest absolute Gasteiger partial charge is 0.317 e. The van der Waals surface area contributed by atoms with Crippen molar-refractivity contribution in [3.8, 4) is 0 Å². The molecule has 106 valence electrons. The van der Waals surface area contributed by atoms with E-state index in [0.29, 0.717) is 0 Å². The van der Waals surface area contributed by atoms with Crippen molar-refractivity contribution in [3.05, 3.63) is 22.4 Å². The number of amides is 2. The lowest BCUT2D eigenvalue weighted by Gasteiger charge is -2.23. The number of carbonyl (C=O) groups is 2. The summed E-state index contributed by atoms with van der Waals surface area (Å²) in [5.41, 5.74) is 0. The normalized spacial score (nSPS) is 13.6. The van der Waals surface area contributed by atoms with Gasteiger partial charge in [-0.1, -0.05) is 19.9 Å². The van der Waals surface area contributed by atoms with E-state index in [1.54, 1.807) is 25.3 Å². The third kappa shape index (κ3) is 4.55. The molecule has 6 heteroatoms. The fraction of sp³-hybridized carbons (Fsp3) is 0.538. The minimum atomic E-state index is -0.898. The lowest BCUT2D eigenvalue weighted by atomic mass is 10.1. The minimum Gasteiger partial charge on any atom is -0.481 e. The van der Waals surface area contributed by atoms with E-state index in [1.165, 1.54) is 4.90 Å². The van der Waals surface area contributed by atoms with Gasteiger partial charge in [0.1, 0.15) is 0 Å². The monoisotopic (exact) mass is 284 g/mol. The molecular formula is C13H20N2O3S. The molecule has 0 aliphatic heterocycles. The van der Waals surface area contributed by atoms with Crippen LogP contribution in [0.2, 0.25) is 0 Å². The Morgan fingerprint density at radius 2 is 2.21 bits per heavy atom. The highest BCUT2D eigenvalue weighted by molar-refractivity contribution is 7.10. The van der Waals surface area contributed by atoms with Crippen molar-refractivity contribution in [1.29, 1.82) is 0 Å². The first kappa shape index (κ1) is 15.5. The van der Waals surface area contributed by atoms with Gasteiger partial charge in [0, 0.05) is 18.5 Å². The Morgan fingerprint density at radius 1 is 1.53 bits per heavy atom. The van der Waals surface area contributed by atoms with Crippen LogP contribution in [0.3, 0.4) is 0 Å². The van der Waals surface area contributed by atoms with Crippen molar-refractivity contribution >= 4 is 23.3 Å². The number of nitrogens with zero attached hydrogens (tertiary/aromatic N) is 1. The van der Waals surface area contributed by atoms with E-state index in [-0.39, 0.29) is 18.6 Å². The largest absolute Gasteiger partial charge is 0.481 e. The first-order chi connectivity index (χ1) is 8.95. The molecule has 1 rings (SSSR count). The standard InChI is InChI=1S/C13H20N2O3S/c1-4-10(11-6-5-7-19-11)14-13(18)15(3)8-9(2)12(16)17/h5-7,9-10H,4,8H2,1-3H3,(H,14,18)(H,16,17). The number of urea groups is 1. The summed E-state index contributed by atoms with van der Waals surface area (Å²) in [6.07, 6.45) is 0.800. The van der Waals surface area contributed by atoms with E-state index >= 15 is 0 Å². The molecule has 5 nitrogen and oxygen atoms in total. The zero-order valence-electron chi connectivity index (χ0n) is 11.4. The first-order valence-corrected chi connectivity index (χ1v) is 7.11. The highest BCUT2D eigenvalue weighted by atomic mass is 32.1. The molecule has 0 radical (unpaired) electrons. The summed E-state index contributed by atoms with van der Waals surface area (Å²) in [4.78, 5) is 25.3. The fourth-order valence-electron chi connectivity index (χ4n) is 1.69. The molecule has 0 saturated heterocycles. The molecule has 0 aliphatic rings. The molecule has 2 amide bonds. The number of carbonyl (C=O) groups excluding carboxylic acids is 1. The number of hydrogen-bond acceptors (Lipinski definition) is 3. The quantitative estimate of drug-likeness (QED) is 0.843. The van der Waals surface area contributed by atoms with Gasteiger partial charge in [0.15, 0.2) is 0 Å². The average molecular weight is 284 g/mol. The Bertz CT molecular complexity index is 420. The Labute approximate surface area is 117 Å². The molecule has 0 saturated carbocycles. The highest BCUT2D eigenvalue weighted by Gasteiger charge is 2.20. The molecule has 0 bridgehead atoms. The van der Waals surface area contributed by atoms with Crippen molar-refractivity contribution in [2.45, 2.75) is 26.3 Å². The van der Waals surface area contributed by atoms with Gasteiger partial charge in [-0.05, 0) is 17.9 Å². The second kappa shape index (κ2) is 7.13. The van der Waals surface area contributed by atoms with Crippen LogP contribution >= 0.6 is 11.3 Å². The van der Waals surface area contributed by atoms with Gasteiger partial charge < -0.3 is 15.3 Å². The van der Waals surface area contributed by atoms with Crippen molar-refractivity contribution in [2.75, 3.05) is 13.6 Å². The van der Waals surface area contributed by atoms with Gasteiger partial charge in [-0.2, -0.15) is 0 Å². The Morgan fingerprint density at radius 3 is 2.68 bits per heavy atom. The van der Waals surface area contributed by atoms with Gasteiger partial charge in [-0.15, -0.1) is 11.3 Å². The van der Waals surface area contributed by atoms with Crippen LogP contribution in [0.4, 0.5) is 4.79 Å². The van der Waals surface area contributed by atoms with Gasteiger partial charge in [0.05, 0.1) is 12.0 Å². The molecule has 2 atom stereocenters. The summed E-state index contributed by atoms with van der Waals surface area (Å²) in [6, 6.07) is 3.67. The van der Waals surface area contributed by atoms with E-state index in [4.69, 9.17) is 5.11 Å². The molecule has 1 heterocycles. The zero-order chi connectivity index (χ0) is 14.4. The van der Waals surface area contributed by atoms with Crippen molar-refractivity contribution in [2.24, 2.45) is 5.92 Å². The van der Waals surface area contributed by atoms with Crippen LogP contribution in [0.15, 0.2) is 17.5 Å². The summed E-state index contributed by atoms with van der Waals surface area (Å²) in [5.74, 6) is -1.47. The van der Waals surface area contributed by atoms with Crippen LogP contribution in [0.1, 0.15) is 31.2 Å². The van der Waals surface area contributed by atoms with E-state index < -0.39 is 11.9 Å². The summed E-state index contributed by atoms with van der Waals surface area (Å²) >= 11 is 1.60. The Balaban J connectivity index is 2.55. The third-order valence-corrected chi connectivity index (χ3v) is 3.89. The van der Waals surface area contributed by atoms with Crippen LogP contribution in [-0.2, 0) is 4.79 Å². The van der Waals surface area contributed by atoms with Crippen LogP contribution in [0, 0.1) is 5.92 Å². The van der Waals surface area contributed by atoms with Crippen molar-refractivity contribution in [3.63, 3.8) is 0 Å². The van der Waals surface area contributed by atoms with Crippen LogP contribution in [0.5, 0.6) is 0 Å². The number of aliphatic carboxylic acids is 1. The molecule has 19 heavy (non-hydrogen) atoms. The molecule has 0 aliphatic carbocycles. The lowest BCUT2D eigenvalue weighted by Crippen LogP contribution is -2.42. The van der Waals surface area contributed by atoms with Crippen LogP contribution in [0.25, 0.3) is 0 Å². The maximum atomic E-state index is 12.0. The lowest BCUT2D eigenvalue weighted by molar-refractivity contribution is -0.141. The van der Waals surface area contributed by atoms with Crippen molar-refractivity contribution < 1.29 is 14.7 Å². The second-order valence-electron chi connectivity index (χ2n) is 4.55. The van der Waals surface area contributed by atoms with E-state index in [9.17, 15) is 9.59 Å². The predicted molar refractivity (Wildman–Crippen MR) is 75.3 cm³/mol. The Hall–Kier alpha value is -1.56. The number of hydrogen-bond donors (Lipinski definition) is 2. The topological polar surface area (TPSA) is 69.6 Å². The maximum absolute atomic E-state index is 12.0. The van der Waals surface area contributed by atoms with Crippen molar-refractivity contribution in [1.82, 2.24) is 10.2 Å². The molecule has 0 spiro atoms. The summed E-state index contributed by atoms with van der Waals surface area (Å²) in [7, 11) is 1.61. The zero-order valence-corrected chi connectivity index (χ0v) is 12.2. The van der Waals surface area contributed by atoms with Gasteiger partial charge in [-0.25, -0.2) is 4.79 Å². The van der Waals surface area contributed by atoms with E-state index in [1.807, 2.05) is 24.4 Å². The highest BCUT2D eigenvalue weighted by Crippen LogP contribution is 2.21. The van der Waals surface area contributed by atoms with Crippen LogP contribution in [-0.4, -0.2) is 35.6 Å². The molecule has 2 unspecified atom stereocenters.